The Hall–Kier alpha value is -2.03. The topological polar surface area (TPSA) is 36.7 Å². The van der Waals surface area contributed by atoms with Crippen molar-refractivity contribution < 1.29 is 4.39 Å². The van der Waals surface area contributed by atoms with Gasteiger partial charge in [0.2, 0.25) is 0 Å². The number of hydrogen-bond acceptors (Lipinski definition) is 2. The Bertz CT molecular complexity index is 477. The van der Waals surface area contributed by atoms with Gasteiger partial charge in [0.15, 0.2) is 0 Å². The second-order valence-electron chi connectivity index (χ2n) is 3.52. The summed E-state index contributed by atoms with van der Waals surface area (Å²) >= 11 is 0. The Labute approximate surface area is 93.3 Å². The molecule has 0 aliphatic heterocycles. The number of nitrogens with one attached hydrogen (secondary N) is 1. The first-order valence-corrected chi connectivity index (χ1v) is 4.98. The van der Waals surface area contributed by atoms with E-state index in [0.29, 0.717) is 12.1 Å². The molecule has 0 aliphatic rings. The van der Waals surface area contributed by atoms with Crippen LogP contribution in [0.15, 0.2) is 48.8 Å². The van der Waals surface area contributed by atoms with Crippen LogP contribution < -0.4 is 0 Å². The van der Waals surface area contributed by atoms with Gasteiger partial charge in [0.05, 0.1) is 0 Å². The molecule has 0 radical (unpaired) electrons. The van der Waals surface area contributed by atoms with Gasteiger partial charge in [-0.2, -0.15) is 0 Å². The lowest BCUT2D eigenvalue weighted by Crippen LogP contribution is -2.03. The van der Waals surface area contributed by atoms with Gasteiger partial charge in [-0.25, -0.2) is 4.39 Å². The second-order valence-corrected chi connectivity index (χ2v) is 3.52. The molecule has 1 aromatic carbocycles. The van der Waals surface area contributed by atoms with Gasteiger partial charge >= 0.3 is 0 Å². The van der Waals surface area contributed by atoms with Crippen molar-refractivity contribution in [2.75, 3.05) is 0 Å². The first-order valence-electron chi connectivity index (χ1n) is 4.98. The minimum Gasteiger partial charge on any atom is -0.304 e. The van der Waals surface area contributed by atoms with Crippen molar-refractivity contribution in [3.8, 4) is 0 Å². The van der Waals surface area contributed by atoms with Gasteiger partial charge in [0.25, 0.3) is 0 Å². The lowest BCUT2D eigenvalue weighted by Gasteiger charge is -2.03. The molecule has 0 unspecified atom stereocenters. The molecule has 0 spiro atoms. The van der Waals surface area contributed by atoms with E-state index in [2.05, 4.69) is 4.98 Å². The third-order valence-electron chi connectivity index (χ3n) is 2.32. The van der Waals surface area contributed by atoms with Crippen LogP contribution >= 0.6 is 0 Å². The Morgan fingerprint density at radius 1 is 1.06 bits per heavy atom. The number of halogens is 1. The summed E-state index contributed by atoms with van der Waals surface area (Å²) in [5.74, 6) is -0.251. The highest BCUT2D eigenvalue weighted by Gasteiger charge is 2.02. The first-order chi connectivity index (χ1) is 7.75. The van der Waals surface area contributed by atoms with Crippen LogP contribution in [0.2, 0.25) is 0 Å². The van der Waals surface area contributed by atoms with E-state index < -0.39 is 0 Å². The van der Waals surface area contributed by atoms with Gasteiger partial charge < -0.3 is 5.41 Å². The first kappa shape index (κ1) is 10.5. The highest BCUT2D eigenvalue weighted by atomic mass is 19.1. The van der Waals surface area contributed by atoms with Crippen molar-refractivity contribution in [3.05, 3.63) is 65.7 Å². The molecule has 0 amide bonds. The maximum absolute atomic E-state index is 12.7. The van der Waals surface area contributed by atoms with Crippen molar-refractivity contribution in [3.63, 3.8) is 0 Å². The maximum atomic E-state index is 12.7. The highest BCUT2D eigenvalue weighted by Crippen LogP contribution is 2.07. The SMILES string of the molecule is N=C(Cc1ccc(F)cc1)c1ccncc1. The van der Waals surface area contributed by atoms with Crippen LogP contribution in [0.4, 0.5) is 4.39 Å². The normalized spacial score (nSPS) is 10.1. The molecule has 1 N–H and O–H groups in total. The number of benzene rings is 1. The molecule has 16 heavy (non-hydrogen) atoms. The Kier molecular flexibility index (Phi) is 3.05. The molecular formula is C13H11FN2. The van der Waals surface area contributed by atoms with E-state index in [9.17, 15) is 4.39 Å². The number of hydrogen-bond donors (Lipinski definition) is 1. The highest BCUT2D eigenvalue weighted by molar-refractivity contribution is 5.99. The van der Waals surface area contributed by atoms with Gasteiger partial charge in [-0.3, -0.25) is 4.98 Å². The summed E-state index contributed by atoms with van der Waals surface area (Å²) in [4.78, 5) is 3.90. The van der Waals surface area contributed by atoms with Crippen LogP contribution in [-0.4, -0.2) is 10.7 Å². The predicted octanol–water partition coefficient (Wildman–Crippen LogP) is 2.83. The van der Waals surface area contributed by atoms with E-state index in [1.54, 1.807) is 36.7 Å². The number of nitrogens with zero attached hydrogens (tertiary/aromatic N) is 1. The van der Waals surface area contributed by atoms with Crippen molar-refractivity contribution in [2.45, 2.75) is 6.42 Å². The van der Waals surface area contributed by atoms with Crippen LogP contribution in [0.5, 0.6) is 0 Å². The van der Waals surface area contributed by atoms with Crippen LogP contribution in [0.25, 0.3) is 0 Å². The molecular weight excluding hydrogens is 203 g/mol. The van der Waals surface area contributed by atoms with Gasteiger partial charge in [-0.1, -0.05) is 12.1 Å². The minimum atomic E-state index is -0.251. The monoisotopic (exact) mass is 214 g/mol. The number of pyridine rings is 1. The van der Waals surface area contributed by atoms with Gasteiger partial charge in [0.1, 0.15) is 5.82 Å². The van der Waals surface area contributed by atoms with Gasteiger partial charge in [0, 0.05) is 24.5 Å². The Balaban J connectivity index is 2.11. The summed E-state index contributed by atoms with van der Waals surface area (Å²) in [6, 6.07) is 9.82. The minimum absolute atomic E-state index is 0.251. The summed E-state index contributed by atoms with van der Waals surface area (Å²) < 4.78 is 12.7. The molecule has 1 aromatic heterocycles. The van der Waals surface area contributed by atoms with Crippen molar-refractivity contribution in [2.24, 2.45) is 0 Å². The largest absolute Gasteiger partial charge is 0.304 e. The third kappa shape index (κ3) is 2.51. The average Bonchev–Trinajstić information content (AvgIpc) is 2.33. The fourth-order valence-electron chi connectivity index (χ4n) is 1.46. The van der Waals surface area contributed by atoms with E-state index in [-0.39, 0.29) is 5.82 Å². The molecule has 0 aliphatic carbocycles. The maximum Gasteiger partial charge on any atom is 0.123 e. The molecule has 0 atom stereocenters. The second kappa shape index (κ2) is 4.66. The number of aromatic nitrogens is 1. The predicted molar refractivity (Wildman–Crippen MR) is 61.2 cm³/mol. The zero-order valence-corrected chi connectivity index (χ0v) is 8.65. The van der Waals surface area contributed by atoms with Gasteiger partial charge in [-0.15, -0.1) is 0 Å². The van der Waals surface area contributed by atoms with E-state index in [0.717, 1.165) is 11.1 Å². The fraction of sp³-hybridized carbons (Fsp3) is 0.0769. The molecule has 0 bridgehead atoms. The summed E-state index contributed by atoms with van der Waals surface area (Å²) in [6.45, 7) is 0. The van der Waals surface area contributed by atoms with Crippen LogP contribution in [0.1, 0.15) is 11.1 Å². The molecule has 1 heterocycles. The molecule has 2 rings (SSSR count). The van der Waals surface area contributed by atoms with E-state index in [1.807, 2.05) is 0 Å². The molecule has 0 fully saturated rings. The molecule has 3 heteroatoms. The average molecular weight is 214 g/mol. The molecule has 2 nitrogen and oxygen atoms in total. The zero-order chi connectivity index (χ0) is 11.4. The lowest BCUT2D eigenvalue weighted by molar-refractivity contribution is 0.627. The molecule has 0 saturated heterocycles. The molecule has 0 saturated carbocycles. The smallest absolute Gasteiger partial charge is 0.123 e. The summed E-state index contributed by atoms with van der Waals surface area (Å²) in [5.41, 5.74) is 2.29. The summed E-state index contributed by atoms with van der Waals surface area (Å²) in [7, 11) is 0. The molecule has 80 valence electrons. The third-order valence-corrected chi connectivity index (χ3v) is 2.32. The quantitative estimate of drug-likeness (QED) is 0.783. The van der Waals surface area contributed by atoms with Crippen molar-refractivity contribution in [1.82, 2.24) is 4.98 Å². The zero-order valence-electron chi connectivity index (χ0n) is 8.65. The Morgan fingerprint density at radius 2 is 1.69 bits per heavy atom. The van der Waals surface area contributed by atoms with Crippen LogP contribution in [-0.2, 0) is 6.42 Å². The standard InChI is InChI=1S/C13H11FN2/c14-12-3-1-10(2-4-12)9-13(15)11-5-7-16-8-6-11/h1-8,15H,9H2. The number of rotatable bonds is 3. The van der Waals surface area contributed by atoms with Crippen LogP contribution in [0, 0.1) is 11.2 Å². The summed E-state index contributed by atoms with van der Waals surface area (Å²) in [5, 5.41) is 7.90. The fourth-order valence-corrected chi connectivity index (χ4v) is 1.46. The van der Waals surface area contributed by atoms with Crippen molar-refractivity contribution in [1.29, 1.82) is 5.41 Å². The Morgan fingerprint density at radius 3 is 2.31 bits per heavy atom. The van der Waals surface area contributed by atoms with Gasteiger partial charge in [-0.05, 0) is 35.4 Å². The van der Waals surface area contributed by atoms with E-state index >= 15 is 0 Å². The summed E-state index contributed by atoms with van der Waals surface area (Å²) in [6.07, 6.45) is 3.83. The van der Waals surface area contributed by atoms with E-state index in [1.165, 1.54) is 12.1 Å². The molecule has 2 aromatic rings. The van der Waals surface area contributed by atoms with Crippen LogP contribution in [0.3, 0.4) is 0 Å². The lowest BCUT2D eigenvalue weighted by atomic mass is 10.0. The van der Waals surface area contributed by atoms with E-state index in [4.69, 9.17) is 5.41 Å². The van der Waals surface area contributed by atoms with Crippen molar-refractivity contribution >= 4 is 5.71 Å².